The number of fused-ring (bicyclic) bond motifs is 1. The van der Waals surface area contributed by atoms with Crippen molar-refractivity contribution in [1.29, 1.82) is 0 Å². The maximum absolute atomic E-state index is 12.8. The molecule has 0 aliphatic carbocycles. The molecule has 22 heavy (non-hydrogen) atoms. The van der Waals surface area contributed by atoms with Crippen LogP contribution in [0, 0.1) is 6.92 Å². The zero-order chi connectivity index (χ0) is 15.5. The van der Waals surface area contributed by atoms with Gasteiger partial charge in [-0.3, -0.25) is 4.79 Å². The Morgan fingerprint density at radius 2 is 2.05 bits per heavy atom. The predicted octanol–water partition coefficient (Wildman–Crippen LogP) is 3.74. The van der Waals surface area contributed by atoms with Gasteiger partial charge in [-0.05, 0) is 49.1 Å². The van der Waals surface area contributed by atoms with Crippen molar-refractivity contribution in [3.8, 4) is 5.75 Å². The van der Waals surface area contributed by atoms with Crippen molar-refractivity contribution in [1.82, 2.24) is 0 Å². The second kappa shape index (κ2) is 6.22. The maximum Gasteiger partial charge on any atom is 0.268 e. The van der Waals surface area contributed by atoms with E-state index in [9.17, 15) is 4.79 Å². The largest absolute Gasteiger partial charge is 0.481 e. The third kappa shape index (κ3) is 2.84. The summed E-state index contributed by atoms with van der Waals surface area (Å²) in [4.78, 5) is 14.7. The summed E-state index contributed by atoms with van der Waals surface area (Å²) in [7, 11) is 0. The summed E-state index contributed by atoms with van der Waals surface area (Å²) < 4.78 is 5.94. The smallest absolute Gasteiger partial charge is 0.268 e. The monoisotopic (exact) mass is 295 g/mol. The van der Waals surface area contributed by atoms with Crippen molar-refractivity contribution >= 4 is 11.6 Å². The quantitative estimate of drug-likeness (QED) is 0.860. The summed E-state index contributed by atoms with van der Waals surface area (Å²) in [5.41, 5.74) is 3.39. The predicted molar refractivity (Wildman–Crippen MR) is 88.4 cm³/mol. The summed E-state index contributed by atoms with van der Waals surface area (Å²) >= 11 is 0. The molecule has 1 aliphatic rings. The number of aryl methyl sites for hydroxylation is 1. The molecule has 1 atom stereocenters. The average Bonchev–Trinajstić information content (AvgIpc) is 2.96. The maximum atomic E-state index is 12.8. The number of hydrogen-bond donors (Lipinski definition) is 0. The van der Waals surface area contributed by atoms with E-state index in [2.05, 4.69) is 6.07 Å². The molecule has 0 fully saturated rings. The Hall–Kier alpha value is -2.29. The van der Waals surface area contributed by atoms with Crippen LogP contribution in [-0.4, -0.2) is 18.6 Å². The lowest BCUT2D eigenvalue weighted by molar-refractivity contribution is -0.125. The number of benzene rings is 2. The standard InChI is InChI=1S/C19H21NO2/c1-3-18(22-16-9-6-7-14(2)13-16)19(21)20-12-11-15-8-4-5-10-17(15)20/h4-10,13,18H,3,11-12H2,1-2H3. The van der Waals surface area contributed by atoms with E-state index >= 15 is 0 Å². The van der Waals surface area contributed by atoms with Crippen LogP contribution in [0.4, 0.5) is 5.69 Å². The van der Waals surface area contributed by atoms with Gasteiger partial charge in [-0.1, -0.05) is 37.3 Å². The zero-order valence-electron chi connectivity index (χ0n) is 13.1. The minimum atomic E-state index is -0.437. The van der Waals surface area contributed by atoms with E-state index in [0.29, 0.717) is 6.42 Å². The van der Waals surface area contributed by atoms with Crippen LogP contribution in [-0.2, 0) is 11.2 Å². The number of hydrogen-bond acceptors (Lipinski definition) is 2. The minimum absolute atomic E-state index is 0.0500. The molecule has 1 heterocycles. The zero-order valence-corrected chi connectivity index (χ0v) is 13.1. The highest BCUT2D eigenvalue weighted by molar-refractivity contribution is 5.98. The van der Waals surface area contributed by atoms with Crippen LogP contribution >= 0.6 is 0 Å². The highest BCUT2D eigenvalue weighted by Crippen LogP contribution is 2.29. The van der Waals surface area contributed by atoms with Gasteiger partial charge in [0.05, 0.1) is 0 Å². The fraction of sp³-hybridized carbons (Fsp3) is 0.316. The Morgan fingerprint density at radius 1 is 1.23 bits per heavy atom. The third-order valence-corrected chi connectivity index (χ3v) is 4.07. The topological polar surface area (TPSA) is 29.5 Å². The van der Waals surface area contributed by atoms with Gasteiger partial charge in [0.1, 0.15) is 5.75 Å². The van der Waals surface area contributed by atoms with Gasteiger partial charge >= 0.3 is 0 Å². The molecule has 0 saturated carbocycles. The molecule has 0 spiro atoms. The van der Waals surface area contributed by atoms with Crippen molar-refractivity contribution in [3.63, 3.8) is 0 Å². The van der Waals surface area contributed by atoms with Gasteiger partial charge in [-0.25, -0.2) is 0 Å². The summed E-state index contributed by atoms with van der Waals surface area (Å²) in [6.07, 6.45) is 1.14. The van der Waals surface area contributed by atoms with E-state index in [1.807, 2.05) is 61.2 Å². The fourth-order valence-electron chi connectivity index (χ4n) is 2.90. The van der Waals surface area contributed by atoms with Gasteiger partial charge in [0.15, 0.2) is 6.10 Å². The first-order valence-corrected chi connectivity index (χ1v) is 7.81. The van der Waals surface area contributed by atoms with Crippen molar-refractivity contribution in [3.05, 3.63) is 59.7 Å². The number of carbonyl (C=O) groups excluding carboxylic acids is 1. The van der Waals surface area contributed by atoms with E-state index in [-0.39, 0.29) is 5.91 Å². The first kappa shape index (κ1) is 14.6. The molecule has 0 radical (unpaired) electrons. The van der Waals surface area contributed by atoms with E-state index in [1.165, 1.54) is 5.56 Å². The van der Waals surface area contributed by atoms with Crippen LogP contribution in [0.1, 0.15) is 24.5 Å². The number of nitrogens with zero attached hydrogens (tertiary/aromatic N) is 1. The normalized spacial score (nSPS) is 14.5. The summed E-state index contributed by atoms with van der Waals surface area (Å²) in [5, 5.41) is 0. The molecule has 1 aliphatic heterocycles. The molecule has 3 heteroatoms. The lowest BCUT2D eigenvalue weighted by Gasteiger charge is -2.24. The first-order chi connectivity index (χ1) is 10.7. The SMILES string of the molecule is CCC(Oc1cccc(C)c1)C(=O)N1CCc2ccccc21. The summed E-state index contributed by atoms with van der Waals surface area (Å²) in [6.45, 7) is 4.75. The molecule has 0 N–H and O–H groups in total. The van der Waals surface area contributed by atoms with Crippen molar-refractivity contribution in [2.24, 2.45) is 0 Å². The molecule has 0 saturated heterocycles. The molecule has 1 amide bonds. The number of carbonyl (C=O) groups is 1. The minimum Gasteiger partial charge on any atom is -0.481 e. The lowest BCUT2D eigenvalue weighted by atomic mass is 10.1. The Kier molecular flexibility index (Phi) is 4.14. The van der Waals surface area contributed by atoms with Gasteiger partial charge in [0.25, 0.3) is 5.91 Å². The summed E-state index contributed by atoms with van der Waals surface area (Å²) in [6, 6.07) is 15.9. The molecule has 2 aromatic rings. The van der Waals surface area contributed by atoms with Crippen LogP contribution in [0.15, 0.2) is 48.5 Å². The van der Waals surface area contributed by atoms with Gasteiger partial charge in [0.2, 0.25) is 0 Å². The van der Waals surface area contributed by atoms with Gasteiger partial charge in [0, 0.05) is 12.2 Å². The lowest BCUT2D eigenvalue weighted by Crippen LogP contribution is -2.41. The van der Waals surface area contributed by atoms with Gasteiger partial charge < -0.3 is 9.64 Å². The van der Waals surface area contributed by atoms with Crippen LogP contribution in [0.25, 0.3) is 0 Å². The summed E-state index contributed by atoms with van der Waals surface area (Å²) in [5.74, 6) is 0.807. The Balaban J connectivity index is 1.78. The van der Waals surface area contributed by atoms with E-state index in [0.717, 1.165) is 30.0 Å². The van der Waals surface area contributed by atoms with Gasteiger partial charge in [-0.15, -0.1) is 0 Å². The van der Waals surface area contributed by atoms with Gasteiger partial charge in [-0.2, -0.15) is 0 Å². The molecule has 1 unspecified atom stereocenters. The number of para-hydroxylation sites is 1. The second-order valence-electron chi connectivity index (χ2n) is 5.70. The number of rotatable bonds is 4. The first-order valence-electron chi connectivity index (χ1n) is 7.81. The van der Waals surface area contributed by atoms with E-state index < -0.39 is 6.10 Å². The molecule has 2 aromatic carbocycles. The molecule has 3 nitrogen and oxygen atoms in total. The van der Waals surface area contributed by atoms with Crippen LogP contribution in [0.5, 0.6) is 5.75 Å². The molecule has 0 bridgehead atoms. The van der Waals surface area contributed by atoms with Crippen LogP contribution in [0.3, 0.4) is 0 Å². The van der Waals surface area contributed by atoms with E-state index in [1.54, 1.807) is 0 Å². The molecule has 3 rings (SSSR count). The Morgan fingerprint density at radius 3 is 2.82 bits per heavy atom. The Labute approximate surface area is 131 Å². The fourth-order valence-corrected chi connectivity index (χ4v) is 2.90. The molecular weight excluding hydrogens is 274 g/mol. The Bertz CT molecular complexity index is 681. The second-order valence-corrected chi connectivity index (χ2v) is 5.70. The van der Waals surface area contributed by atoms with Crippen molar-refractivity contribution in [2.75, 3.05) is 11.4 Å². The molecular formula is C19H21NO2. The van der Waals surface area contributed by atoms with E-state index in [4.69, 9.17) is 4.74 Å². The van der Waals surface area contributed by atoms with Crippen LogP contribution in [0.2, 0.25) is 0 Å². The number of amides is 1. The molecule has 114 valence electrons. The number of ether oxygens (including phenoxy) is 1. The average molecular weight is 295 g/mol. The van der Waals surface area contributed by atoms with Crippen molar-refractivity contribution < 1.29 is 9.53 Å². The van der Waals surface area contributed by atoms with Crippen LogP contribution < -0.4 is 9.64 Å². The molecule has 0 aromatic heterocycles. The third-order valence-electron chi connectivity index (χ3n) is 4.07. The number of anilines is 1. The highest BCUT2D eigenvalue weighted by Gasteiger charge is 2.30. The van der Waals surface area contributed by atoms with Crippen molar-refractivity contribution in [2.45, 2.75) is 32.8 Å². The highest BCUT2D eigenvalue weighted by atomic mass is 16.5.